The Labute approximate surface area is 167 Å². The van der Waals surface area contributed by atoms with Crippen LogP contribution in [0.15, 0.2) is 0 Å². The maximum Gasteiger partial charge on any atom is 2.00 e. The zero-order valence-electron chi connectivity index (χ0n) is 12.2. The van der Waals surface area contributed by atoms with Gasteiger partial charge < -0.3 is 45.3 Å². The second kappa shape index (κ2) is 14.3. The Morgan fingerprint density at radius 2 is 1.25 bits per heavy atom. The molecule has 0 heterocycles. The molecule has 12 nitrogen and oxygen atoms in total. The van der Waals surface area contributed by atoms with Crippen LogP contribution in [-0.4, -0.2) is 105 Å². The summed E-state index contributed by atoms with van der Waals surface area (Å²) in [6.45, 7) is 0. The second-order valence-electron chi connectivity index (χ2n) is 3.89. The van der Waals surface area contributed by atoms with E-state index < -0.39 is 60.8 Å². The number of aliphatic hydroxyl groups is 2. The van der Waals surface area contributed by atoms with Crippen molar-refractivity contribution >= 4 is 77.5 Å². The Morgan fingerprint density at radius 3 is 1.38 bits per heavy atom. The Bertz CT molecular complexity index is 449. The van der Waals surface area contributed by atoms with E-state index in [1.54, 1.807) is 0 Å². The van der Waals surface area contributed by atoms with Crippen molar-refractivity contribution in [2.45, 2.75) is 31.0 Å². The van der Waals surface area contributed by atoms with Gasteiger partial charge in [0.25, 0.3) is 0 Å². The predicted molar refractivity (Wildman–Crippen MR) is 74.6 cm³/mol. The molecule has 5 N–H and O–H groups in total. The summed E-state index contributed by atoms with van der Waals surface area (Å²) >= 11 is 0. The molecule has 0 aromatic heterocycles. The van der Waals surface area contributed by atoms with E-state index in [1.165, 1.54) is 0 Å². The number of rotatable bonds is 8. The maximum atomic E-state index is 10.3. The zero-order valence-corrected chi connectivity index (χ0v) is 15.8. The number of hydrogen-bond donors (Lipinski definition) is 5. The third-order valence-electron chi connectivity index (χ3n) is 1.92. The van der Waals surface area contributed by atoms with Crippen LogP contribution < -0.4 is 10.2 Å². The largest absolute Gasteiger partial charge is 2.00 e. The van der Waals surface area contributed by atoms with E-state index in [4.69, 9.17) is 25.5 Å². The van der Waals surface area contributed by atoms with E-state index in [9.17, 15) is 34.2 Å². The molecule has 134 valence electrons. The van der Waals surface area contributed by atoms with Gasteiger partial charge in [-0.15, -0.1) is 0 Å². The Kier molecular flexibility index (Phi) is 18.4. The fourth-order valence-corrected chi connectivity index (χ4v) is 0.955. The molecule has 0 amide bonds. The molecule has 2 unspecified atom stereocenters. The first-order valence-electron chi connectivity index (χ1n) is 5.30. The summed E-state index contributed by atoms with van der Waals surface area (Å²) in [4.78, 5) is 49.6. The van der Waals surface area contributed by atoms with Crippen LogP contribution in [-0.2, 0) is 24.0 Å². The van der Waals surface area contributed by atoms with E-state index in [0.29, 0.717) is 0 Å². The number of aliphatic hydroxyl groups excluding tert-OH is 1. The van der Waals surface area contributed by atoms with Crippen LogP contribution in [0.3, 0.4) is 0 Å². The molecule has 0 bridgehead atoms. The molecule has 0 aromatic rings. The molecule has 0 radical (unpaired) electrons. The summed E-state index contributed by atoms with van der Waals surface area (Å²) in [6.07, 6.45) is -5.18. The van der Waals surface area contributed by atoms with E-state index in [0.717, 1.165) is 0 Å². The van der Waals surface area contributed by atoms with E-state index >= 15 is 0 Å². The van der Waals surface area contributed by atoms with Crippen LogP contribution in [0.5, 0.6) is 0 Å². The topological polar surface area (TPSA) is 233 Å². The van der Waals surface area contributed by atoms with Gasteiger partial charge in [0.15, 0.2) is 5.60 Å². The second-order valence-corrected chi connectivity index (χ2v) is 3.89. The summed E-state index contributed by atoms with van der Waals surface area (Å²) < 4.78 is 0. The zero-order chi connectivity index (χ0) is 18.1. The van der Waals surface area contributed by atoms with Crippen LogP contribution >= 0.6 is 9.90 Å². The summed E-state index contributed by atoms with van der Waals surface area (Å²) in [6, 6.07) is 0. The number of carboxylic acids is 5. The summed E-state index contributed by atoms with van der Waals surface area (Å²) in [5, 5.41) is 61.2. The summed E-state index contributed by atoms with van der Waals surface area (Å²) in [7, 11) is 0. The van der Waals surface area contributed by atoms with Gasteiger partial charge in [-0.3, -0.25) is 9.59 Å². The molecular weight excluding hydrogens is 383 g/mol. The van der Waals surface area contributed by atoms with Crippen molar-refractivity contribution in [1.82, 2.24) is 0 Å². The number of aliphatic carboxylic acids is 5. The molecule has 0 aromatic carbocycles. The third-order valence-corrected chi connectivity index (χ3v) is 1.92. The molecular formula is C10H15CaO12P. The quantitative estimate of drug-likeness (QED) is 0.190. The number of carboxylic acid groups (broad SMARTS) is 5. The molecule has 0 aliphatic carbocycles. The normalized spacial score (nSPS) is 10.6. The van der Waals surface area contributed by atoms with Crippen molar-refractivity contribution in [2.75, 3.05) is 0 Å². The van der Waals surface area contributed by atoms with Crippen molar-refractivity contribution < 1.29 is 59.7 Å². The van der Waals surface area contributed by atoms with Gasteiger partial charge >= 0.3 is 55.6 Å². The van der Waals surface area contributed by atoms with Crippen LogP contribution in [0.4, 0.5) is 0 Å². The number of carbonyl (C=O) groups is 5. The Hall–Kier alpha value is -1.04. The fraction of sp³-hybridized carbons (Fsp3) is 0.500. The molecule has 14 heteroatoms. The van der Waals surface area contributed by atoms with Crippen molar-refractivity contribution in [2.24, 2.45) is 0 Å². The van der Waals surface area contributed by atoms with Gasteiger partial charge in [0.05, 0.1) is 24.9 Å². The van der Waals surface area contributed by atoms with E-state index in [-0.39, 0.29) is 47.6 Å². The third kappa shape index (κ3) is 15.8. The minimum absolute atomic E-state index is 0. The van der Waals surface area contributed by atoms with Crippen LogP contribution in [0.2, 0.25) is 0 Å². The average Bonchev–Trinajstić information content (AvgIpc) is 2.25. The van der Waals surface area contributed by atoms with Gasteiger partial charge in [-0.1, -0.05) is 0 Å². The number of carbonyl (C=O) groups excluding carboxylic acids is 2. The molecule has 2 atom stereocenters. The monoisotopic (exact) mass is 398 g/mol. The van der Waals surface area contributed by atoms with Gasteiger partial charge in [0.1, 0.15) is 0 Å². The average molecular weight is 398 g/mol. The smallest absolute Gasteiger partial charge is 0.550 e. The van der Waals surface area contributed by atoms with E-state index in [1.807, 2.05) is 0 Å². The SMILES string of the molecule is O=C(O)CC(O)(CC(=O)O)C(=O)O.O=C([O-])CC(O)C(=O)[O-].P.[Ca+2]. The van der Waals surface area contributed by atoms with Crippen molar-refractivity contribution in [3.8, 4) is 0 Å². The minimum atomic E-state index is -2.74. The van der Waals surface area contributed by atoms with Crippen LogP contribution in [0.1, 0.15) is 19.3 Å². The van der Waals surface area contributed by atoms with Gasteiger partial charge in [-0.2, -0.15) is 9.90 Å². The maximum absolute atomic E-state index is 10.3. The summed E-state index contributed by atoms with van der Waals surface area (Å²) in [5.74, 6) is -8.44. The number of hydrogen-bond acceptors (Lipinski definition) is 9. The molecule has 0 aliphatic heterocycles. The van der Waals surface area contributed by atoms with Crippen molar-refractivity contribution in [3.63, 3.8) is 0 Å². The first kappa shape index (κ1) is 30.8. The first-order chi connectivity index (χ1) is 9.81. The molecule has 0 rings (SSSR count). The first-order valence-corrected chi connectivity index (χ1v) is 5.30. The Morgan fingerprint density at radius 1 is 0.917 bits per heavy atom. The molecule has 0 spiro atoms. The van der Waals surface area contributed by atoms with Crippen LogP contribution in [0, 0.1) is 0 Å². The predicted octanol–water partition coefficient (Wildman–Crippen LogP) is -5.33. The minimum Gasteiger partial charge on any atom is -0.550 e. The van der Waals surface area contributed by atoms with Gasteiger partial charge in [-0.05, 0) is 0 Å². The van der Waals surface area contributed by atoms with E-state index in [2.05, 4.69) is 0 Å². The van der Waals surface area contributed by atoms with Crippen LogP contribution in [0.25, 0.3) is 0 Å². The molecule has 0 fully saturated rings. The van der Waals surface area contributed by atoms with Gasteiger partial charge in [0, 0.05) is 12.4 Å². The molecule has 0 aliphatic rings. The van der Waals surface area contributed by atoms with Gasteiger partial charge in [0.2, 0.25) is 0 Å². The fourth-order valence-electron chi connectivity index (χ4n) is 0.955. The Balaban J connectivity index is -0.000000162. The molecule has 0 saturated heterocycles. The molecule has 24 heavy (non-hydrogen) atoms. The summed E-state index contributed by atoms with van der Waals surface area (Å²) in [5.41, 5.74) is -2.74. The van der Waals surface area contributed by atoms with Crippen molar-refractivity contribution in [1.29, 1.82) is 0 Å². The molecule has 0 saturated carbocycles. The van der Waals surface area contributed by atoms with Crippen molar-refractivity contribution in [3.05, 3.63) is 0 Å². The van der Waals surface area contributed by atoms with Gasteiger partial charge in [-0.25, -0.2) is 4.79 Å². The standard InChI is InChI=1S/C6H8O7.C4H6O5.Ca.H3P/c7-3(8)1-6(13,5(11)12)2-4(9)10;5-2(4(8)9)1-3(6)7;;/h13H,1-2H2,(H,7,8)(H,9,10)(H,11,12);2,5H,1H2,(H,6,7)(H,8,9);;1H3/q;;+2;/p-2.